The number of rotatable bonds is 3. The molecule has 3 atom stereocenters. The first kappa shape index (κ1) is 15.6. The van der Waals surface area contributed by atoms with Crippen molar-refractivity contribution < 1.29 is 9.59 Å². The number of nitrogens with zero attached hydrogens (tertiary/aromatic N) is 1. The predicted octanol–water partition coefficient (Wildman–Crippen LogP) is 1.69. The third kappa shape index (κ3) is 3.05. The summed E-state index contributed by atoms with van der Waals surface area (Å²) in [5.74, 6) is 0.00158. The molecule has 0 aliphatic carbocycles. The SMILES string of the molecule is O=C(NC1CC2CCC(C1)N2)C1CCCN1C(=O)c1ccccc1. The molecule has 4 rings (SSSR count). The van der Waals surface area contributed by atoms with Crippen LogP contribution in [0, 0.1) is 0 Å². The Morgan fingerprint density at radius 2 is 1.75 bits per heavy atom. The third-order valence-corrected chi connectivity index (χ3v) is 5.66. The van der Waals surface area contributed by atoms with Gasteiger partial charge in [0.2, 0.25) is 5.91 Å². The molecule has 0 saturated carbocycles. The molecule has 3 unspecified atom stereocenters. The Morgan fingerprint density at radius 1 is 1.04 bits per heavy atom. The van der Waals surface area contributed by atoms with E-state index in [1.807, 2.05) is 30.3 Å². The molecule has 2 amide bonds. The Morgan fingerprint density at radius 3 is 2.46 bits per heavy atom. The lowest BCUT2D eigenvalue weighted by Gasteiger charge is -2.32. The van der Waals surface area contributed by atoms with Gasteiger partial charge in [-0.3, -0.25) is 9.59 Å². The summed E-state index contributed by atoms with van der Waals surface area (Å²) in [6.45, 7) is 0.670. The fourth-order valence-electron chi connectivity index (χ4n) is 4.50. The molecule has 0 aromatic heterocycles. The van der Waals surface area contributed by atoms with Gasteiger partial charge in [0, 0.05) is 30.2 Å². The van der Waals surface area contributed by atoms with Crippen molar-refractivity contribution in [3.05, 3.63) is 35.9 Å². The van der Waals surface area contributed by atoms with Crippen LogP contribution in [0.15, 0.2) is 30.3 Å². The second-order valence-corrected chi connectivity index (χ2v) is 7.34. The maximum absolute atomic E-state index is 12.8. The van der Waals surface area contributed by atoms with Crippen LogP contribution in [0.1, 0.15) is 48.9 Å². The smallest absolute Gasteiger partial charge is 0.254 e. The monoisotopic (exact) mass is 327 g/mol. The van der Waals surface area contributed by atoms with E-state index in [1.165, 1.54) is 12.8 Å². The van der Waals surface area contributed by atoms with Gasteiger partial charge in [-0.25, -0.2) is 0 Å². The number of fused-ring (bicyclic) bond motifs is 2. The first-order chi connectivity index (χ1) is 11.7. The van der Waals surface area contributed by atoms with Crippen LogP contribution >= 0.6 is 0 Å². The van der Waals surface area contributed by atoms with E-state index in [4.69, 9.17) is 0 Å². The van der Waals surface area contributed by atoms with Crippen molar-refractivity contribution in [3.8, 4) is 0 Å². The minimum absolute atomic E-state index is 0.0290. The summed E-state index contributed by atoms with van der Waals surface area (Å²) in [6, 6.07) is 10.3. The zero-order valence-electron chi connectivity index (χ0n) is 13.9. The predicted molar refractivity (Wildman–Crippen MR) is 91.6 cm³/mol. The van der Waals surface area contributed by atoms with Gasteiger partial charge in [-0.05, 0) is 50.7 Å². The molecule has 1 aromatic carbocycles. The van der Waals surface area contributed by atoms with E-state index in [-0.39, 0.29) is 23.9 Å². The highest BCUT2D eigenvalue weighted by atomic mass is 16.2. The molecule has 0 radical (unpaired) electrons. The number of carbonyl (C=O) groups excluding carboxylic acids is 2. The van der Waals surface area contributed by atoms with Gasteiger partial charge in [-0.1, -0.05) is 18.2 Å². The molecule has 3 heterocycles. The number of likely N-dealkylation sites (tertiary alicyclic amines) is 1. The van der Waals surface area contributed by atoms with E-state index in [9.17, 15) is 9.59 Å². The summed E-state index contributed by atoms with van der Waals surface area (Å²) in [5.41, 5.74) is 0.664. The minimum Gasteiger partial charge on any atom is -0.351 e. The van der Waals surface area contributed by atoms with Gasteiger partial charge in [0.1, 0.15) is 6.04 Å². The van der Waals surface area contributed by atoms with Crippen molar-refractivity contribution in [2.45, 2.75) is 62.7 Å². The van der Waals surface area contributed by atoms with Crippen molar-refractivity contribution >= 4 is 11.8 Å². The number of benzene rings is 1. The van der Waals surface area contributed by atoms with E-state index >= 15 is 0 Å². The Hall–Kier alpha value is -1.88. The number of carbonyl (C=O) groups is 2. The van der Waals surface area contributed by atoms with Crippen LogP contribution in [-0.4, -0.2) is 47.4 Å². The first-order valence-corrected chi connectivity index (χ1v) is 9.13. The Kier molecular flexibility index (Phi) is 4.27. The van der Waals surface area contributed by atoms with Crippen molar-refractivity contribution in [2.24, 2.45) is 0 Å². The number of nitrogens with one attached hydrogen (secondary N) is 2. The van der Waals surface area contributed by atoms with Gasteiger partial charge >= 0.3 is 0 Å². The zero-order valence-corrected chi connectivity index (χ0v) is 13.9. The maximum Gasteiger partial charge on any atom is 0.254 e. The van der Waals surface area contributed by atoms with E-state index in [1.54, 1.807) is 4.90 Å². The molecule has 5 heteroatoms. The molecule has 24 heavy (non-hydrogen) atoms. The van der Waals surface area contributed by atoms with Crippen molar-refractivity contribution in [2.75, 3.05) is 6.54 Å². The van der Waals surface area contributed by atoms with Crippen LogP contribution in [0.2, 0.25) is 0 Å². The molecule has 0 spiro atoms. The van der Waals surface area contributed by atoms with Crippen LogP contribution in [0.25, 0.3) is 0 Å². The van der Waals surface area contributed by atoms with Crippen LogP contribution < -0.4 is 10.6 Å². The van der Waals surface area contributed by atoms with Crippen molar-refractivity contribution in [3.63, 3.8) is 0 Å². The van der Waals surface area contributed by atoms with Crippen molar-refractivity contribution in [1.29, 1.82) is 0 Å². The molecule has 3 aliphatic heterocycles. The summed E-state index contributed by atoms with van der Waals surface area (Å²) < 4.78 is 0. The number of hydrogen-bond acceptors (Lipinski definition) is 3. The lowest BCUT2D eigenvalue weighted by Crippen LogP contribution is -2.53. The normalized spacial score (nSPS) is 31.9. The van der Waals surface area contributed by atoms with Crippen LogP contribution in [0.4, 0.5) is 0 Å². The van der Waals surface area contributed by atoms with Gasteiger partial charge in [0.15, 0.2) is 0 Å². The molecule has 5 nitrogen and oxygen atoms in total. The summed E-state index contributed by atoms with van der Waals surface area (Å²) in [5, 5.41) is 6.82. The van der Waals surface area contributed by atoms with Crippen LogP contribution in [-0.2, 0) is 4.79 Å². The second kappa shape index (κ2) is 6.55. The summed E-state index contributed by atoms with van der Waals surface area (Å²) in [6.07, 6.45) is 6.14. The first-order valence-electron chi connectivity index (χ1n) is 9.13. The molecule has 2 bridgehead atoms. The van der Waals surface area contributed by atoms with Gasteiger partial charge in [0.05, 0.1) is 0 Å². The van der Waals surface area contributed by atoms with Gasteiger partial charge in [0.25, 0.3) is 5.91 Å². The number of piperidine rings is 1. The highest BCUT2D eigenvalue weighted by Gasteiger charge is 2.38. The molecule has 1 aromatic rings. The van der Waals surface area contributed by atoms with E-state index in [2.05, 4.69) is 10.6 Å². The molecule has 2 N–H and O–H groups in total. The zero-order chi connectivity index (χ0) is 16.5. The molecular weight excluding hydrogens is 302 g/mol. The van der Waals surface area contributed by atoms with Gasteiger partial charge < -0.3 is 15.5 Å². The highest BCUT2D eigenvalue weighted by Crippen LogP contribution is 2.27. The minimum atomic E-state index is -0.315. The molecule has 3 aliphatic rings. The molecular formula is C19H25N3O2. The maximum atomic E-state index is 12.8. The third-order valence-electron chi connectivity index (χ3n) is 5.66. The number of amides is 2. The summed E-state index contributed by atoms with van der Waals surface area (Å²) in [7, 11) is 0. The van der Waals surface area contributed by atoms with E-state index in [0.29, 0.717) is 24.2 Å². The fourth-order valence-corrected chi connectivity index (χ4v) is 4.50. The van der Waals surface area contributed by atoms with Crippen LogP contribution in [0.3, 0.4) is 0 Å². The quantitative estimate of drug-likeness (QED) is 0.888. The number of hydrogen-bond donors (Lipinski definition) is 2. The molecule has 3 fully saturated rings. The van der Waals surface area contributed by atoms with Gasteiger partial charge in [-0.15, -0.1) is 0 Å². The molecule has 3 saturated heterocycles. The summed E-state index contributed by atoms with van der Waals surface area (Å²) >= 11 is 0. The van der Waals surface area contributed by atoms with Crippen molar-refractivity contribution in [1.82, 2.24) is 15.5 Å². The van der Waals surface area contributed by atoms with Gasteiger partial charge in [-0.2, -0.15) is 0 Å². The largest absolute Gasteiger partial charge is 0.351 e. The van der Waals surface area contributed by atoms with Crippen LogP contribution in [0.5, 0.6) is 0 Å². The lowest BCUT2D eigenvalue weighted by atomic mass is 9.99. The second-order valence-electron chi connectivity index (χ2n) is 7.34. The average molecular weight is 327 g/mol. The Bertz CT molecular complexity index is 606. The van der Waals surface area contributed by atoms with E-state index < -0.39 is 0 Å². The highest BCUT2D eigenvalue weighted by molar-refractivity contribution is 5.98. The Labute approximate surface area is 142 Å². The molecule has 128 valence electrons. The standard InChI is InChI=1S/C19H25N3O2/c23-18(21-16-11-14-8-9-15(12-16)20-14)17-7-4-10-22(17)19(24)13-5-2-1-3-6-13/h1-3,5-6,14-17,20H,4,7-12H2,(H,21,23). The topological polar surface area (TPSA) is 61.4 Å². The summed E-state index contributed by atoms with van der Waals surface area (Å²) in [4.78, 5) is 27.2. The van der Waals surface area contributed by atoms with E-state index in [0.717, 1.165) is 25.7 Å². The lowest BCUT2D eigenvalue weighted by molar-refractivity contribution is -0.125. The Balaban J connectivity index is 1.41. The fraction of sp³-hybridized carbons (Fsp3) is 0.579. The average Bonchev–Trinajstić information content (AvgIpc) is 3.22.